The van der Waals surface area contributed by atoms with Gasteiger partial charge in [0.2, 0.25) is 0 Å². The maximum absolute atomic E-state index is 9.73. The average Bonchev–Trinajstić information content (AvgIpc) is 2.65. The Hall–Kier alpha value is -2.36. The second kappa shape index (κ2) is 7.47. The molecule has 3 heteroatoms. The first-order valence-corrected chi connectivity index (χ1v) is 8.21. The van der Waals surface area contributed by atoms with Gasteiger partial charge in [0.05, 0.1) is 19.8 Å². The Morgan fingerprint density at radius 3 is 2.33 bits per heavy atom. The Labute approximate surface area is 142 Å². The van der Waals surface area contributed by atoms with E-state index in [-0.39, 0.29) is 18.7 Å². The Morgan fingerprint density at radius 1 is 0.917 bits per heavy atom. The maximum atomic E-state index is 9.73. The van der Waals surface area contributed by atoms with Gasteiger partial charge in [-0.1, -0.05) is 48.5 Å². The summed E-state index contributed by atoms with van der Waals surface area (Å²) in [4.78, 5) is 0. The average molecular weight is 321 g/mol. The zero-order valence-electron chi connectivity index (χ0n) is 14.1. The lowest BCUT2D eigenvalue weighted by Crippen LogP contribution is -2.27. The molecule has 0 aromatic heterocycles. The third-order valence-electron chi connectivity index (χ3n) is 4.41. The van der Waals surface area contributed by atoms with Crippen LogP contribution >= 0.6 is 0 Å². The first-order valence-electron chi connectivity index (χ1n) is 8.21. The molecular formula is C21H23NO2. The molecule has 24 heavy (non-hydrogen) atoms. The number of ether oxygens (including phenoxy) is 1. The van der Waals surface area contributed by atoms with Crippen molar-refractivity contribution >= 4 is 10.8 Å². The molecule has 0 aliphatic carbocycles. The molecular weight excluding hydrogens is 298 g/mol. The van der Waals surface area contributed by atoms with Crippen molar-refractivity contribution in [2.75, 3.05) is 13.7 Å². The lowest BCUT2D eigenvalue weighted by atomic mass is 10.0. The quantitative estimate of drug-likeness (QED) is 0.714. The van der Waals surface area contributed by atoms with Crippen molar-refractivity contribution in [3.05, 3.63) is 77.9 Å². The summed E-state index contributed by atoms with van der Waals surface area (Å²) in [5, 5.41) is 15.6. The summed E-state index contributed by atoms with van der Waals surface area (Å²) >= 11 is 0. The Balaban J connectivity index is 1.81. The van der Waals surface area contributed by atoms with Gasteiger partial charge in [-0.2, -0.15) is 0 Å². The molecule has 0 fully saturated rings. The molecule has 3 rings (SSSR count). The highest BCUT2D eigenvalue weighted by atomic mass is 16.5. The zero-order chi connectivity index (χ0) is 16.9. The molecule has 124 valence electrons. The van der Waals surface area contributed by atoms with Crippen molar-refractivity contribution in [1.82, 2.24) is 5.32 Å². The van der Waals surface area contributed by atoms with Gasteiger partial charge in [0.1, 0.15) is 5.75 Å². The van der Waals surface area contributed by atoms with Gasteiger partial charge in [0.25, 0.3) is 0 Å². The summed E-state index contributed by atoms with van der Waals surface area (Å²) in [6, 6.07) is 22.6. The van der Waals surface area contributed by atoms with Gasteiger partial charge in [-0.25, -0.2) is 0 Å². The van der Waals surface area contributed by atoms with Crippen molar-refractivity contribution in [3.63, 3.8) is 0 Å². The van der Waals surface area contributed by atoms with Gasteiger partial charge in [-0.3, -0.25) is 0 Å². The third kappa shape index (κ3) is 3.58. The number of nitrogens with one attached hydrogen (secondary N) is 1. The van der Waals surface area contributed by atoms with Gasteiger partial charge >= 0.3 is 0 Å². The van der Waals surface area contributed by atoms with E-state index in [9.17, 15) is 5.11 Å². The largest absolute Gasteiger partial charge is 0.497 e. The number of benzene rings is 3. The summed E-state index contributed by atoms with van der Waals surface area (Å²) < 4.78 is 5.28. The Kier molecular flexibility index (Phi) is 5.14. The minimum Gasteiger partial charge on any atom is -0.497 e. The van der Waals surface area contributed by atoms with Crippen LogP contribution in [0.1, 0.15) is 30.1 Å². The van der Waals surface area contributed by atoms with E-state index >= 15 is 0 Å². The predicted molar refractivity (Wildman–Crippen MR) is 98.3 cm³/mol. The van der Waals surface area contributed by atoms with E-state index < -0.39 is 0 Å². The molecule has 0 saturated carbocycles. The van der Waals surface area contributed by atoms with Gasteiger partial charge in [-0.15, -0.1) is 0 Å². The molecule has 2 unspecified atom stereocenters. The number of aliphatic hydroxyl groups excluding tert-OH is 1. The monoisotopic (exact) mass is 321 g/mol. The van der Waals surface area contributed by atoms with Crippen LogP contribution in [0.5, 0.6) is 5.75 Å². The van der Waals surface area contributed by atoms with Crippen LogP contribution in [0.25, 0.3) is 10.8 Å². The van der Waals surface area contributed by atoms with E-state index in [0.29, 0.717) is 0 Å². The SMILES string of the molecule is COc1ccc2cc(C(C)NC(CO)c3ccccc3)ccc2c1. The number of rotatable bonds is 6. The number of hydrogen-bond acceptors (Lipinski definition) is 3. The molecule has 0 radical (unpaired) electrons. The summed E-state index contributed by atoms with van der Waals surface area (Å²) in [5.41, 5.74) is 2.29. The number of fused-ring (bicyclic) bond motifs is 1. The minimum atomic E-state index is -0.0761. The normalized spacial score (nSPS) is 13.6. The second-order valence-corrected chi connectivity index (χ2v) is 6.01. The Morgan fingerprint density at radius 2 is 1.62 bits per heavy atom. The van der Waals surface area contributed by atoms with Gasteiger partial charge in [-0.05, 0) is 47.0 Å². The molecule has 0 saturated heterocycles. The molecule has 0 aliphatic rings. The molecule has 0 aliphatic heterocycles. The molecule has 3 aromatic rings. The molecule has 3 aromatic carbocycles. The van der Waals surface area contributed by atoms with Crippen LogP contribution in [0, 0.1) is 0 Å². The number of aliphatic hydroxyl groups is 1. The van der Waals surface area contributed by atoms with Gasteiger partial charge < -0.3 is 15.2 Å². The van der Waals surface area contributed by atoms with E-state index in [1.165, 1.54) is 10.9 Å². The fraction of sp³-hybridized carbons (Fsp3) is 0.238. The van der Waals surface area contributed by atoms with Crippen molar-refractivity contribution in [3.8, 4) is 5.75 Å². The van der Waals surface area contributed by atoms with Crippen LogP contribution in [0.3, 0.4) is 0 Å². The molecule has 0 heterocycles. The number of methoxy groups -OCH3 is 1. The highest BCUT2D eigenvalue weighted by Crippen LogP contribution is 2.25. The van der Waals surface area contributed by atoms with Crippen molar-refractivity contribution in [2.45, 2.75) is 19.0 Å². The molecule has 3 nitrogen and oxygen atoms in total. The van der Waals surface area contributed by atoms with Gasteiger partial charge in [0, 0.05) is 6.04 Å². The van der Waals surface area contributed by atoms with Crippen LogP contribution in [0.15, 0.2) is 66.7 Å². The van der Waals surface area contributed by atoms with Crippen LogP contribution < -0.4 is 10.1 Å². The van der Waals surface area contributed by atoms with E-state index in [0.717, 1.165) is 16.7 Å². The molecule has 0 amide bonds. The third-order valence-corrected chi connectivity index (χ3v) is 4.41. The molecule has 2 atom stereocenters. The highest BCUT2D eigenvalue weighted by Gasteiger charge is 2.14. The topological polar surface area (TPSA) is 41.5 Å². The fourth-order valence-corrected chi connectivity index (χ4v) is 2.98. The fourth-order valence-electron chi connectivity index (χ4n) is 2.98. The summed E-state index contributed by atoms with van der Waals surface area (Å²) in [7, 11) is 1.68. The van der Waals surface area contributed by atoms with Gasteiger partial charge in [0.15, 0.2) is 0 Å². The summed E-state index contributed by atoms with van der Waals surface area (Å²) in [5.74, 6) is 0.867. The molecule has 0 bridgehead atoms. The minimum absolute atomic E-state index is 0.0686. The maximum Gasteiger partial charge on any atom is 0.119 e. The highest BCUT2D eigenvalue weighted by molar-refractivity contribution is 5.84. The zero-order valence-corrected chi connectivity index (χ0v) is 14.1. The van der Waals surface area contributed by atoms with E-state index in [1.54, 1.807) is 7.11 Å². The van der Waals surface area contributed by atoms with Crippen LogP contribution in [-0.2, 0) is 0 Å². The standard InChI is InChI=1S/C21H23NO2/c1-15(22-21(14-23)16-6-4-3-5-7-16)17-8-9-19-13-20(24-2)11-10-18(19)12-17/h3-13,15,21-23H,14H2,1-2H3. The van der Waals surface area contributed by atoms with E-state index in [1.807, 2.05) is 42.5 Å². The first kappa shape index (κ1) is 16.5. The summed E-state index contributed by atoms with van der Waals surface area (Å²) in [6.45, 7) is 2.19. The predicted octanol–water partition coefficient (Wildman–Crippen LogP) is 4.23. The van der Waals surface area contributed by atoms with Crippen molar-refractivity contribution in [1.29, 1.82) is 0 Å². The van der Waals surface area contributed by atoms with E-state index in [4.69, 9.17) is 4.74 Å². The molecule has 2 N–H and O–H groups in total. The van der Waals surface area contributed by atoms with Crippen LogP contribution in [0.4, 0.5) is 0 Å². The van der Waals surface area contributed by atoms with Crippen LogP contribution in [-0.4, -0.2) is 18.8 Å². The lowest BCUT2D eigenvalue weighted by Gasteiger charge is -2.23. The smallest absolute Gasteiger partial charge is 0.119 e. The van der Waals surface area contributed by atoms with Crippen LogP contribution in [0.2, 0.25) is 0 Å². The van der Waals surface area contributed by atoms with Crippen molar-refractivity contribution in [2.24, 2.45) is 0 Å². The Bertz CT molecular complexity index is 801. The lowest BCUT2D eigenvalue weighted by molar-refractivity contribution is 0.235. The van der Waals surface area contributed by atoms with E-state index in [2.05, 4.69) is 36.5 Å². The summed E-state index contributed by atoms with van der Waals surface area (Å²) in [6.07, 6.45) is 0. The van der Waals surface area contributed by atoms with Crippen molar-refractivity contribution < 1.29 is 9.84 Å². The second-order valence-electron chi connectivity index (χ2n) is 6.01. The number of hydrogen-bond donors (Lipinski definition) is 2. The first-order chi connectivity index (χ1) is 11.7. The molecule has 0 spiro atoms.